The molecule has 1 aliphatic rings. The van der Waals surface area contributed by atoms with Crippen LogP contribution in [0.15, 0.2) is 9.85 Å². The fourth-order valence-electron chi connectivity index (χ4n) is 2.72. The van der Waals surface area contributed by atoms with Crippen LogP contribution in [0.5, 0.6) is 0 Å². The number of thiophene rings is 1. The molecule has 4 heteroatoms. The van der Waals surface area contributed by atoms with E-state index < -0.39 is 0 Å². The molecule has 18 heavy (non-hydrogen) atoms. The molecule has 2 rings (SSSR count). The van der Waals surface area contributed by atoms with Gasteiger partial charge in [-0.25, -0.2) is 0 Å². The first kappa shape index (κ1) is 14.2. The van der Waals surface area contributed by atoms with Crippen molar-refractivity contribution in [3.05, 3.63) is 20.3 Å². The zero-order valence-electron chi connectivity index (χ0n) is 11.5. The Labute approximate surface area is 121 Å². The normalized spacial score (nSPS) is 25.3. The fraction of sp³-hybridized carbons (Fsp3) is 0.643. The van der Waals surface area contributed by atoms with Gasteiger partial charge in [0.2, 0.25) is 0 Å². The summed E-state index contributed by atoms with van der Waals surface area (Å²) in [6.07, 6.45) is 0.785. The number of ketones is 1. The van der Waals surface area contributed by atoms with Crippen molar-refractivity contribution in [1.82, 2.24) is 0 Å². The average molecular weight is 331 g/mol. The highest BCUT2D eigenvalue weighted by atomic mass is 79.9. The van der Waals surface area contributed by atoms with Crippen LogP contribution in [-0.2, 0) is 4.74 Å². The van der Waals surface area contributed by atoms with Crippen molar-refractivity contribution in [3.63, 3.8) is 0 Å². The Morgan fingerprint density at radius 3 is 2.44 bits per heavy atom. The SMILES string of the molecule is Cc1cc(C(=O)C2CC(C)(C)OC2(C)C)sc1Br. The second-order valence-corrected chi connectivity index (χ2v) is 8.52. The standard InChI is InChI=1S/C14H19BrO2S/c1-8-6-10(18-12(8)15)11(16)9-7-13(2,3)17-14(9,4)5/h6,9H,7H2,1-5H3. The summed E-state index contributed by atoms with van der Waals surface area (Å²) < 4.78 is 7.04. The lowest BCUT2D eigenvalue weighted by Gasteiger charge is -2.26. The van der Waals surface area contributed by atoms with Crippen LogP contribution in [0.2, 0.25) is 0 Å². The van der Waals surface area contributed by atoms with Gasteiger partial charge in [0.15, 0.2) is 5.78 Å². The van der Waals surface area contributed by atoms with Crippen molar-refractivity contribution in [2.24, 2.45) is 5.92 Å². The molecule has 0 spiro atoms. The average Bonchev–Trinajstić information content (AvgIpc) is 2.63. The van der Waals surface area contributed by atoms with Gasteiger partial charge in [-0.3, -0.25) is 4.79 Å². The van der Waals surface area contributed by atoms with Crippen LogP contribution < -0.4 is 0 Å². The molecule has 0 bridgehead atoms. The predicted molar refractivity (Wildman–Crippen MR) is 78.4 cm³/mol. The van der Waals surface area contributed by atoms with Crippen LogP contribution in [0.1, 0.15) is 49.4 Å². The monoisotopic (exact) mass is 330 g/mol. The van der Waals surface area contributed by atoms with Gasteiger partial charge in [0, 0.05) is 0 Å². The molecule has 1 aliphatic heterocycles. The van der Waals surface area contributed by atoms with Gasteiger partial charge in [-0.2, -0.15) is 0 Å². The van der Waals surface area contributed by atoms with E-state index in [0.717, 1.165) is 20.6 Å². The number of carbonyl (C=O) groups is 1. The lowest BCUT2D eigenvalue weighted by Crippen LogP contribution is -2.33. The molecule has 100 valence electrons. The minimum atomic E-state index is -0.384. The lowest BCUT2D eigenvalue weighted by molar-refractivity contribution is -0.0712. The molecule has 2 heterocycles. The minimum Gasteiger partial charge on any atom is -0.369 e. The largest absolute Gasteiger partial charge is 0.369 e. The zero-order valence-corrected chi connectivity index (χ0v) is 13.9. The molecule has 1 unspecified atom stereocenters. The number of Topliss-reactive ketones (excluding diaryl/α,β-unsaturated/α-hetero) is 1. The summed E-state index contributed by atoms with van der Waals surface area (Å²) in [6, 6.07) is 1.97. The van der Waals surface area contributed by atoms with Crippen molar-refractivity contribution in [2.45, 2.75) is 52.2 Å². The van der Waals surface area contributed by atoms with Crippen LogP contribution >= 0.6 is 27.3 Å². The second-order valence-electron chi connectivity index (χ2n) is 6.15. The lowest BCUT2D eigenvalue weighted by atomic mass is 9.83. The first-order valence-corrected chi connectivity index (χ1v) is 7.74. The first-order chi connectivity index (χ1) is 8.12. The maximum Gasteiger partial charge on any atom is 0.178 e. The van der Waals surface area contributed by atoms with Crippen molar-refractivity contribution in [2.75, 3.05) is 0 Å². The van der Waals surface area contributed by atoms with E-state index in [0.29, 0.717) is 0 Å². The Morgan fingerprint density at radius 2 is 2.06 bits per heavy atom. The van der Waals surface area contributed by atoms with Gasteiger partial charge >= 0.3 is 0 Å². The summed E-state index contributed by atoms with van der Waals surface area (Å²) in [5.41, 5.74) is 0.525. The maximum atomic E-state index is 12.6. The predicted octanol–water partition coefficient (Wildman–Crippen LogP) is 4.60. The van der Waals surface area contributed by atoms with Crippen LogP contribution in [0.3, 0.4) is 0 Å². The van der Waals surface area contributed by atoms with E-state index in [2.05, 4.69) is 29.8 Å². The van der Waals surface area contributed by atoms with E-state index in [9.17, 15) is 4.79 Å². The molecule has 1 saturated heterocycles. The van der Waals surface area contributed by atoms with E-state index in [1.165, 1.54) is 11.3 Å². The first-order valence-electron chi connectivity index (χ1n) is 6.13. The van der Waals surface area contributed by atoms with Gasteiger partial charge in [0.05, 0.1) is 25.8 Å². The Bertz CT molecular complexity index is 468. The summed E-state index contributed by atoms with van der Waals surface area (Å²) >= 11 is 5.00. The highest BCUT2D eigenvalue weighted by molar-refractivity contribution is 9.11. The van der Waals surface area contributed by atoms with E-state index in [-0.39, 0.29) is 22.9 Å². The molecule has 2 nitrogen and oxygen atoms in total. The molecular formula is C14H19BrO2S. The van der Waals surface area contributed by atoms with Gasteiger partial charge in [0.25, 0.3) is 0 Å². The van der Waals surface area contributed by atoms with Crippen molar-refractivity contribution in [3.8, 4) is 0 Å². The van der Waals surface area contributed by atoms with Gasteiger partial charge < -0.3 is 4.74 Å². The molecule has 1 atom stereocenters. The summed E-state index contributed by atoms with van der Waals surface area (Å²) in [5, 5.41) is 0. The highest BCUT2D eigenvalue weighted by Crippen LogP contribution is 2.44. The number of halogens is 1. The number of aryl methyl sites for hydroxylation is 1. The summed E-state index contributed by atoms with van der Waals surface area (Å²) in [5.74, 6) is 0.154. The Hall–Kier alpha value is -0.190. The summed E-state index contributed by atoms with van der Waals surface area (Å²) in [7, 11) is 0. The van der Waals surface area contributed by atoms with Crippen LogP contribution in [0, 0.1) is 12.8 Å². The minimum absolute atomic E-state index is 0.0579. The summed E-state index contributed by atoms with van der Waals surface area (Å²) in [6.45, 7) is 10.1. The topological polar surface area (TPSA) is 26.3 Å². The van der Waals surface area contributed by atoms with E-state index in [4.69, 9.17) is 4.74 Å². The highest BCUT2D eigenvalue weighted by Gasteiger charge is 2.49. The van der Waals surface area contributed by atoms with E-state index in [1.807, 2.05) is 26.8 Å². The molecule has 1 fully saturated rings. The summed E-state index contributed by atoms with van der Waals surface area (Å²) in [4.78, 5) is 13.5. The maximum absolute atomic E-state index is 12.6. The number of hydrogen-bond acceptors (Lipinski definition) is 3. The van der Waals surface area contributed by atoms with E-state index >= 15 is 0 Å². The number of hydrogen-bond donors (Lipinski definition) is 0. The van der Waals surface area contributed by atoms with E-state index in [1.54, 1.807) is 0 Å². The third kappa shape index (κ3) is 2.56. The van der Waals surface area contributed by atoms with Gasteiger partial charge in [-0.15, -0.1) is 11.3 Å². The third-order valence-electron chi connectivity index (χ3n) is 3.49. The molecule has 1 aromatic rings. The molecule has 0 radical (unpaired) electrons. The quantitative estimate of drug-likeness (QED) is 0.741. The Balaban J connectivity index is 2.29. The molecule has 0 N–H and O–H groups in total. The Morgan fingerprint density at radius 1 is 1.44 bits per heavy atom. The van der Waals surface area contributed by atoms with Crippen LogP contribution in [0.4, 0.5) is 0 Å². The number of carbonyl (C=O) groups excluding carboxylic acids is 1. The van der Waals surface area contributed by atoms with Gasteiger partial charge in [-0.1, -0.05) is 0 Å². The fourth-order valence-corrected chi connectivity index (χ4v) is 4.25. The number of ether oxygens (including phenoxy) is 1. The molecular weight excluding hydrogens is 312 g/mol. The van der Waals surface area contributed by atoms with Crippen LogP contribution in [0.25, 0.3) is 0 Å². The van der Waals surface area contributed by atoms with Crippen molar-refractivity contribution >= 4 is 33.0 Å². The molecule has 0 saturated carbocycles. The van der Waals surface area contributed by atoms with Crippen molar-refractivity contribution < 1.29 is 9.53 Å². The van der Waals surface area contributed by atoms with Crippen molar-refractivity contribution in [1.29, 1.82) is 0 Å². The molecule has 1 aromatic heterocycles. The third-order valence-corrected chi connectivity index (χ3v) is 5.64. The molecule has 0 aromatic carbocycles. The molecule has 0 amide bonds. The molecule has 0 aliphatic carbocycles. The zero-order chi connectivity index (χ0) is 13.7. The van der Waals surface area contributed by atoms with Gasteiger partial charge in [0.1, 0.15) is 0 Å². The number of rotatable bonds is 2. The van der Waals surface area contributed by atoms with Gasteiger partial charge in [-0.05, 0) is 68.6 Å². The second kappa shape index (κ2) is 4.43. The smallest absolute Gasteiger partial charge is 0.178 e. The van der Waals surface area contributed by atoms with Crippen LogP contribution in [-0.4, -0.2) is 17.0 Å². The Kier molecular flexibility index (Phi) is 3.50.